The number of nitrogens with zero attached hydrogens (tertiary/aromatic N) is 1. The number of thiazole rings is 1. The smallest absolute Gasteiger partial charge is 0.220 e. The van der Waals surface area contributed by atoms with Crippen molar-refractivity contribution in [2.75, 3.05) is 6.54 Å². The first-order valence-electron chi connectivity index (χ1n) is 9.81. The summed E-state index contributed by atoms with van der Waals surface area (Å²) < 4.78 is 0. The maximum Gasteiger partial charge on any atom is 0.220 e. The lowest BCUT2D eigenvalue weighted by Gasteiger charge is -2.06. The van der Waals surface area contributed by atoms with E-state index in [-0.39, 0.29) is 24.5 Å². The monoisotopic (exact) mass is 406 g/mol. The van der Waals surface area contributed by atoms with E-state index in [1.54, 1.807) is 11.3 Å². The number of ketones is 1. The van der Waals surface area contributed by atoms with E-state index < -0.39 is 0 Å². The van der Waals surface area contributed by atoms with Crippen LogP contribution >= 0.6 is 11.3 Å². The molecule has 0 radical (unpaired) electrons. The fourth-order valence-electron chi connectivity index (χ4n) is 2.96. The number of hydrogen-bond acceptors (Lipinski definition) is 4. The van der Waals surface area contributed by atoms with Gasteiger partial charge < -0.3 is 5.32 Å². The molecule has 1 aromatic heterocycles. The van der Waals surface area contributed by atoms with Gasteiger partial charge in [0.2, 0.25) is 5.91 Å². The molecule has 1 amide bonds. The Morgan fingerprint density at radius 1 is 0.966 bits per heavy atom. The fraction of sp³-hybridized carbons (Fsp3) is 0.292. The predicted octanol–water partition coefficient (Wildman–Crippen LogP) is 5.06. The Bertz CT molecular complexity index is 1010. The van der Waals surface area contributed by atoms with Gasteiger partial charge in [-0.2, -0.15) is 0 Å². The molecule has 0 spiro atoms. The van der Waals surface area contributed by atoms with Crippen molar-refractivity contribution in [1.82, 2.24) is 10.3 Å². The van der Waals surface area contributed by atoms with E-state index in [1.807, 2.05) is 37.4 Å². The van der Waals surface area contributed by atoms with Crippen LogP contribution in [0, 0.1) is 20.8 Å². The summed E-state index contributed by atoms with van der Waals surface area (Å²) in [7, 11) is 0. The molecule has 29 heavy (non-hydrogen) atoms. The number of aromatic nitrogens is 1. The van der Waals surface area contributed by atoms with Crippen LogP contribution in [0.15, 0.2) is 47.8 Å². The second-order valence-corrected chi connectivity index (χ2v) is 8.19. The van der Waals surface area contributed by atoms with Gasteiger partial charge in [-0.1, -0.05) is 42.0 Å². The summed E-state index contributed by atoms with van der Waals surface area (Å²) >= 11 is 1.61. The lowest BCUT2D eigenvalue weighted by atomic mass is 10.0. The van der Waals surface area contributed by atoms with Gasteiger partial charge in [-0.3, -0.25) is 9.59 Å². The van der Waals surface area contributed by atoms with Gasteiger partial charge in [0.25, 0.3) is 0 Å². The maximum absolute atomic E-state index is 12.3. The lowest BCUT2D eigenvalue weighted by Crippen LogP contribution is -2.26. The molecule has 1 heterocycles. The topological polar surface area (TPSA) is 59.1 Å². The second kappa shape index (κ2) is 9.61. The SMILES string of the molecule is Cc1ccc(-c2nc(CCNC(=O)CCC(=O)c3ccc(C)c(C)c3)cs2)cc1. The number of nitrogens with one attached hydrogen (secondary N) is 1. The van der Waals surface area contributed by atoms with E-state index in [2.05, 4.69) is 41.5 Å². The number of benzene rings is 2. The van der Waals surface area contributed by atoms with Gasteiger partial charge in [-0.05, 0) is 38.0 Å². The molecule has 0 unspecified atom stereocenters. The van der Waals surface area contributed by atoms with Gasteiger partial charge >= 0.3 is 0 Å². The molecule has 1 N–H and O–H groups in total. The van der Waals surface area contributed by atoms with Crippen molar-refractivity contribution < 1.29 is 9.59 Å². The molecule has 0 aliphatic carbocycles. The van der Waals surface area contributed by atoms with E-state index in [4.69, 9.17) is 0 Å². The minimum atomic E-state index is -0.101. The minimum Gasteiger partial charge on any atom is -0.356 e. The van der Waals surface area contributed by atoms with Crippen LogP contribution in [-0.4, -0.2) is 23.2 Å². The molecular weight excluding hydrogens is 380 g/mol. The van der Waals surface area contributed by atoms with Crippen molar-refractivity contribution in [1.29, 1.82) is 0 Å². The Hall–Kier alpha value is -2.79. The highest BCUT2D eigenvalue weighted by molar-refractivity contribution is 7.13. The van der Waals surface area contributed by atoms with Gasteiger partial charge in [0.05, 0.1) is 5.69 Å². The molecule has 3 aromatic rings. The minimum absolute atomic E-state index is 0.00508. The number of amides is 1. The standard InChI is InChI=1S/C24H26N2O2S/c1-16-4-7-19(8-5-16)24-26-21(15-29-24)12-13-25-23(28)11-10-22(27)20-9-6-17(2)18(3)14-20/h4-9,14-15H,10-13H2,1-3H3,(H,25,28). The summed E-state index contributed by atoms with van der Waals surface area (Å²) in [6.07, 6.45) is 1.11. The molecule has 0 saturated carbocycles. The highest BCUT2D eigenvalue weighted by atomic mass is 32.1. The van der Waals surface area contributed by atoms with Crippen LogP contribution in [0.2, 0.25) is 0 Å². The van der Waals surface area contributed by atoms with Gasteiger partial charge in [0.15, 0.2) is 5.78 Å². The predicted molar refractivity (Wildman–Crippen MR) is 118 cm³/mol. The molecule has 0 bridgehead atoms. The largest absolute Gasteiger partial charge is 0.356 e. The third-order valence-corrected chi connectivity index (χ3v) is 5.90. The fourth-order valence-corrected chi connectivity index (χ4v) is 3.82. The summed E-state index contributed by atoms with van der Waals surface area (Å²) in [5, 5.41) is 5.91. The summed E-state index contributed by atoms with van der Waals surface area (Å²) in [5.41, 5.74) is 6.23. The molecule has 150 valence electrons. The summed E-state index contributed by atoms with van der Waals surface area (Å²) in [6.45, 7) is 6.59. The Morgan fingerprint density at radius 2 is 1.72 bits per heavy atom. The van der Waals surface area contributed by atoms with Crippen LogP contribution in [0.25, 0.3) is 10.6 Å². The van der Waals surface area contributed by atoms with Crippen LogP contribution in [0.3, 0.4) is 0 Å². The number of aryl methyl sites for hydroxylation is 3. The average Bonchev–Trinajstić information content (AvgIpc) is 3.17. The van der Waals surface area contributed by atoms with Crippen LogP contribution < -0.4 is 5.32 Å². The second-order valence-electron chi connectivity index (χ2n) is 7.33. The van der Waals surface area contributed by atoms with Crippen molar-refractivity contribution in [2.45, 2.75) is 40.0 Å². The Labute approximate surface area is 176 Å². The van der Waals surface area contributed by atoms with Crippen molar-refractivity contribution in [3.63, 3.8) is 0 Å². The quantitative estimate of drug-likeness (QED) is 0.532. The molecule has 0 aliphatic heterocycles. The zero-order valence-electron chi connectivity index (χ0n) is 17.1. The lowest BCUT2D eigenvalue weighted by molar-refractivity contribution is -0.121. The van der Waals surface area contributed by atoms with E-state index >= 15 is 0 Å². The third-order valence-electron chi connectivity index (χ3n) is 4.96. The van der Waals surface area contributed by atoms with E-state index in [0.717, 1.165) is 27.4 Å². The first kappa shape index (κ1) is 20.9. The number of hydrogen-bond donors (Lipinski definition) is 1. The van der Waals surface area contributed by atoms with Crippen molar-refractivity contribution in [3.05, 3.63) is 75.8 Å². The molecule has 0 fully saturated rings. The number of carbonyl (C=O) groups is 2. The highest BCUT2D eigenvalue weighted by Gasteiger charge is 2.10. The maximum atomic E-state index is 12.3. The Balaban J connectivity index is 1.42. The number of Topliss-reactive ketones (excluding diaryl/α,β-unsaturated/α-hetero) is 1. The zero-order valence-corrected chi connectivity index (χ0v) is 17.9. The first-order valence-corrected chi connectivity index (χ1v) is 10.7. The molecule has 0 aliphatic rings. The normalized spacial score (nSPS) is 10.7. The summed E-state index contributed by atoms with van der Waals surface area (Å²) in [5.74, 6) is -0.0957. The molecule has 0 saturated heterocycles. The molecule has 3 rings (SSSR count). The van der Waals surface area contributed by atoms with Crippen LogP contribution in [0.5, 0.6) is 0 Å². The van der Waals surface area contributed by atoms with E-state index in [9.17, 15) is 9.59 Å². The van der Waals surface area contributed by atoms with Gasteiger partial charge in [-0.25, -0.2) is 4.98 Å². The van der Waals surface area contributed by atoms with Gasteiger partial charge in [0.1, 0.15) is 5.01 Å². The first-order chi connectivity index (χ1) is 13.9. The van der Waals surface area contributed by atoms with Gasteiger partial charge in [-0.15, -0.1) is 11.3 Å². The third kappa shape index (κ3) is 5.84. The molecular formula is C24H26N2O2S. The molecule has 4 nitrogen and oxygen atoms in total. The van der Waals surface area contributed by atoms with Crippen molar-refractivity contribution in [2.24, 2.45) is 0 Å². The van der Waals surface area contributed by atoms with E-state index in [1.165, 1.54) is 5.56 Å². The Kier molecular flexibility index (Phi) is 6.94. The molecule has 2 aromatic carbocycles. The van der Waals surface area contributed by atoms with Crippen LogP contribution in [-0.2, 0) is 11.2 Å². The summed E-state index contributed by atoms with van der Waals surface area (Å²) in [4.78, 5) is 29.0. The van der Waals surface area contributed by atoms with Crippen LogP contribution in [0.4, 0.5) is 0 Å². The van der Waals surface area contributed by atoms with Crippen molar-refractivity contribution >= 4 is 23.0 Å². The Morgan fingerprint density at radius 3 is 2.45 bits per heavy atom. The van der Waals surface area contributed by atoms with Crippen LogP contribution in [0.1, 0.15) is 45.6 Å². The van der Waals surface area contributed by atoms with Crippen molar-refractivity contribution in [3.8, 4) is 10.6 Å². The molecule has 0 atom stereocenters. The summed E-state index contributed by atoms with van der Waals surface area (Å²) in [6, 6.07) is 14.0. The highest BCUT2D eigenvalue weighted by Crippen LogP contribution is 2.24. The number of rotatable bonds is 8. The average molecular weight is 407 g/mol. The number of carbonyl (C=O) groups excluding carboxylic acids is 2. The van der Waals surface area contributed by atoms with E-state index in [0.29, 0.717) is 18.5 Å². The molecule has 5 heteroatoms. The van der Waals surface area contributed by atoms with Gasteiger partial charge in [0, 0.05) is 42.3 Å². The zero-order chi connectivity index (χ0) is 20.8.